The smallest absolute Gasteiger partial charge is 0.338 e. The summed E-state index contributed by atoms with van der Waals surface area (Å²) in [6, 6.07) is 9.45. The van der Waals surface area contributed by atoms with Gasteiger partial charge in [-0.05, 0) is 31.5 Å². The van der Waals surface area contributed by atoms with E-state index in [0.29, 0.717) is 12.2 Å². The molecule has 94 valence electrons. The Labute approximate surface area is 107 Å². The van der Waals surface area contributed by atoms with Crippen molar-refractivity contribution in [3.05, 3.63) is 41.5 Å². The van der Waals surface area contributed by atoms with Crippen molar-refractivity contribution in [1.82, 2.24) is 0 Å². The minimum Gasteiger partial charge on any atom is -0.496 e. The number of hydrogen-bond donors (Lipinski definition) is 0. The van der Waals surface area contributed by atoms with Crippen molar-refractivity contribution >= 4 is 5.97 Å². The van der Waals surface area contributed by atoms with Gasteiger partial charge in [-0.15, -0.1) is 0 Å². The fourth-order valence-corrected chi connectivity index (χ4v) is 2.14. The van der Waals surface area contributed by atoms with E-state index in [1.807, 2.05) is 37.3 Å². The molecule has 0 atom stereocenters. The number of aryl methyl sites for hydroxylation is 1. The number of ether oxygens (including phenoxy) is 2. The molecule has 2 aliphatic rings. The quantitative estimate of drug-likeness (QED) is 0.777. The summed E-state index contributed by atoms with van der Waals surface area (Å²) >= 11 is 0. The normalized spacial score (nSPS) is 10.4. The molecule has 0 spiro atoms. The van der Waals surface area contributed by atoms with Gasteiger partial charge in [0, 0.05) is 11.1 Å². The third kappa shape index (κ3) is 2.04. The Balaban J connectivity index is 2.61. The van der Waals surface area contributed by atoms with Gasteiger partial charge >= 0.3 is 5.97 Å². The molecular formula is C15H16O3. The molecule has 0 radical (unpaired) electrons. The van der Waals surface area contributed by atoms with Gasteiger partial charge in [-0.1, -0.05) is 18.2 Å². The number of rotatable bonds is 3. The first kappa shape index (κ1) is 12.4. The first-order chi connectivity index (χ1) is 8.69. The molecule has 0 saturated heterocycles. The molecule has 0 heterocycles. The highest BCUT2D eigenvalue weighted by Crippen LogP contribution is 2.38. The molecule has 0 aliphatic heterocycles. The molecule has 0 unspecified atom stereocenters. The van der Waals surface area contributed by atoms with Crippen molar-refractivity contribution in [3.8, 4) is 16.9 Å². The molecule has 3 heteroatoms. The first-order valence-electron chi connectivity index (χ1n) is 5.92. The fraction of sp³-hybridized carbons (Fsp3) is 0.267. The molecule has 2 aliphatic carbocycles. The zero-order valence-electron chi connectivity index (χ0n) is 10.8. The molecule has 2 rings (SSSR count). The maximum Gasteiger partial charge on any atom is 0.338 e. The van der Waals surface area contributed by atoms with Crippen molar-refractivity contribution in [3.63, 3.8) is 0 Å². The molecule has 0 aromatic rings. The molecule has 0 aromatic heterocycles. The Morgan fingerprint density at radius 2 is 2.00 bits per heavy atom. The number of hydrogen-bond acceptors (Lipinski definition) is 3. The highest BCUT2D eigenvalue weighted by molar-refractivity contribution is 6.01. The molecule has 0 bridgehead atoms. The predicted molar refractivity (Wildman–Crippen MR) is 70.3 cm³/mol. The van der Waals surface area contributed by atoms with E-state index >= 15 is 0 Å². The van der Waals surface area contributed by atoms with Crippen LogP contribution in [-0.2, 0) is 4.74 Å². The van der Waals surface area contributed by atoms with Crippen molar-refractivity contribution in [1.29, 1.82) is 0 Å². The van der Waals surface area contributed by atoms with Gasteiger partial charge in [-0.25, -0.2) is 4.79 Å². The summed E-state index contributed by atoms with van der Waals surface area (Å²) in [5, 5.41) is 0. The average Bonchev–Trinajstić information content (AvgIpc) is 2.57. The van der Waals surface area contributed by atoms with Gasteiger partial charge in [-0.2, -0.15) is 0 Å². The first-order valence-corrected chi connectivity index (χ1v) is 5.92. The lowest BCUT2D eigenvalue weighted by atomic mass is 10.1. The van der Waals surface area contributed by atoms with Gasteiger partial charge in [-0.3, -0.25) is 0 Å². The molecule has 0 fully saturated rings. The van der Waals surface area contributed by atoms with Crippen LogP contribution >= 0.6 is 0 Å². The SMILES string of the molecule is CCOC(=O)c1cc(C)c2c(OC)ccccc1-2. The second kappa shape index (κ2) is 5.08. The molecular weight excluding hydrogens is 228 g/mol. The Morgan fingerprint density at radius 3 is 2.67 bits per heavy atom. The van der Waals surface area contributed by atoms with Crippen LogP contribution in [0.5, 0.6) is 5.75 Å². The maximum absolute atomic E-state index is 11.9. The number of fused-ring (bicyclic) bond motifs is 1. The third-order valence-corrected chi connectivity index (χ3v) is 2.90. The van der Waals surface area contributed by atoms with Crippen LogP contribution in [0.15, 0.2) is 30.3 Å². The zero-order chi connectivity index (χ0) is 13.1. The predicted octanol–water partition coefficient (Wildman–Crippen LogP) is 3.29. The summed E-state index contributed by atoms with van der Waals surface area (Å²) in [6.45, 7) is 4.14. The lowest BCUT2D eigenvalue weighted by Crippen LogP contribution is -2.04. The van der Waals surface area contributed by atoms with Gasteiger partial charge in [0.15, 0.2) is 0 Å². The van der Waals surface area contributed by atoms with E-state index in [4.69, 9.17) is 9.47 Å². The van der Waals surface area contributed by atoms with Crippen LogP contribution in [0.1, 0.15) is 22.8 Å². The molecule has 0 amide bonds. The van der Waals surface area contributed by atoms with E-state index in [9.17, 15) is 4.79 Å². The Morgan fingerprint density at radius 1 is 1.28 bits per heavy atom. The Hall–Kier alpha value is -2.03. The molecule has 18 heavy (non-hydrogen) atoms. The van der Waals surface area contributed by atoms with Crippen molar-refractivity contribution in [2.45, 2.75) is 13.8 Å². The van der Waals surface area contributed by atoms with E-state index in [1.54, 1.807) is 14.0 Å². The monoisotopic (exact) mass is 244 g/mol. The van der Waals surface area contributed by atoms with Crippen LogP contribution in [0, 0.1) is 6.92 Å². The number of carbonyl (C=O) groups excluding carboxylic acids is 1. The molecule has 0 N–H and O–H groups in total. The average molecular weight is 244 g/mol. The largest absolute Gasteiger partial charge is 0.496 e. The van der Waals surface area contributed by atoms with Crippen LogP contribution in [-0.4, -0.2) is 19.7 Å². The Bertz CT molecular complexity index is 546. The standard InChI is InChI=1S/C15H16O3/c1-4-18-15(16)12-9-10(2)14-11(12)7-5-6-8-13(14)17-3/h5-9H,4H2,1-3H3. The second-order valence-corrected chi connectivity index (χ2v) is 4.04. The van der Waals surface area contributed by atoms with Gasteiger partial charge in [0.05, 0.1) is 19.3 Å². The van der Waals surface area contributed by atoms with Crippen molar-refractivity contribution in [2.75, 3.05) is 13.7 Å². The molecule has 0 aromatic carbocycles. The summed E-state index contributed by atoms with van der Waals surface area (Å²) in [5.41, 5.74) is 3.44. The van der Waals surface area contributed by atoms with E-state index in [0.717, 1.165) is 22.4 Å². The number of esters is 1. The van der Waals surface area contributed by atoms with Gasteiger partial charge in [0.25, 0.3) is 0 Å². The summed E-state index contributed by atoms with van der Waals surface area (Å²) in [4.78, 5) is 11.9. The van der Waals surface area contributed by atoms with Crippen LogP contribution in [0.25, 0.3) is 11.1 Å². The highest BCUT2D eigenvalue weighted by atomic mass is 16.5. The number of methoxy groups -OCH3 is 1. The van der Waals surface area contributed by atoms with E-state index < -0.39 is 0 Å². The fourth-order valence-electron chi connectivity index (χ4n) is 2.14. The van der Waals surface area contributed by atoms with Crippen molar-refractivity contribution in [2.24, 2.45) is 0 Å². The van der Waals surface area contributed by atoms with Gasteiger partial charge < -0.3 is 9.47 Å². The van der Waals surface area contributed by atoms with Crippen LogP contribution in [0.4, 0.5) is 0 Å². The van der Waals surface area contributed by atoms with Crippen LogP contribution in [0.2, 0.25) is 0 Å². The van der Waals surface area contributed by atoms with Crippen LogP contribution in [0.3, 0.4) is 0 Å². The summed E-state index contributed by atoms with van der Waals surface area (Å²) in [5.74, 6) is 0.479. The molecule has 0 saturated carbocycles. The van der Waals surface area contributed by atoms with E-state index in [1.165, 1.54) is 0 Å². The van der Waals surface area contributed by atoms with Crippen molar-refractivity contribution < 1.29 is 14.3 Å². The molecule has 3 nitrogen and oxygen atoms in total. The zero-order valence-corrected chi connectivity index (χ0v) is 10.8. The lowest BCUT2D eigenvalue weighted by molar-refractivity contribution is 0.0527. The minimum atomic E-state index is -0.288. The van der Waals surface area contributed by atoms with Gasteiger partial charge in [0.1, 0.15) is 5.75 Å². The summed E-state index contributed by atoms with van der Waals surface area (Å²) < 4.78 is 10.4. The highest BCUT2D eigenvalue weighted by Gasteiger charge is 2.21. The van der Waals surface area contributed by atoms with Crippen LogP contribution < -0.4 is 4.74 Å². The maximum atomic E-state index is 11.9. The van der Waals surface area contributed by atoms with E-state index in [-0.39, 0.29) is 5.97 Å². The third-order valence-electron chi connectivity index (χ3n) is 2.90. The van der Waals surface area contributed by atoms with Gasteiger partial charge in [0.2, 0.25) is 0 Å². The minimum absolute atomic E-state index is 0.288. The summed E-state index contributed by atoms with van der Waals surface area (Å²) in [7, 11) is 1.63. The summed E-state index contributed by atoms with van der Waals surface area (Å²) in [6.07, 6.45) is 0. The second-order valence-electron chi connectivity index (χ2n) is 4.04. The Kier molecular flexibility index (Phi) is 3.51. The lowest BCUT2D eigenvalue weighted by Gasteiger charge is -2.05. The number of carbonyl (C=O) groups is 1. The van der Waals surface area contributed by atoms with E-state index in [2.05, 4.69) is 0 Å². The topological polar surface area (TPSA) is 35.5 Å².